The summed E-state index contributed by atoms with van der Waals surface area (Å²) in [5.74, 6) is 0. The topological polar surface area (TPSA) is 0 Å². The lowest BCUT2D eigenvalue weighted by Gasteiger charge is -2.18. The van der Waals surface area contributed by atoms with Crippen molar-refractivity contribution in [3.63, 3.8) is 0 Å². The lowest BCUT2D eigenvalue weighted by Crippen LogP contribution is -2.01. The highest BCUT2D eigenvalue weighted by Crippen LogP contribution is 2.34. The van der Waals surface area contributed by atoms with Crippen LogP contribution in [0.2, 0.25) is 0 Å². The van der Waals surface area contributed by atoms with Crippen molar-refractivity contribution >= 4 is 21.5 Å². The van der Waals surface area contributed by atoms with E-state index in [4.69, 9.17) is 0 Å². The summed E-state index contributed by atoms with van der Waals surface area (Å²) < 4.78 is 12.9. The monoisotopic (exact) mass is 240 g/mol. The van der Waals surface area contributed by atoms with Gasteiger partial charge < -0.3 is 0 Å². The molecule has 1 aliphatic carbocycles. The average molecular weight is 241 g/mol. The van der Waals surface area contributed by atoms with Crippen molar-refractivity contribution in [1.82, 2.24) is 0 Å². The second-order valence-electron chi connectivity index (χ2n) is 3.25. The van der Waals surface area contributed by atoms with E-state index in [1.165, 1.54) is 5.56 Å². The van der Waals surface area contributed by atoms with Crippen LogP contribution in [0.15, 0.2) is 29.0 Å². The Morgan fingerprint density at radius 3 is 2.77 bits per heavy atom. The molecule has 0 N–H and O–H groups in total. The van der Waals surface area contributed by atoms with Crippen molar-refractivity contribution in [3.8, 4) is 0 Å². The summed E-state index contributed by atoms with van der Waals surface area (Å²) in [6.07, 6.45) is 2.96. The number of benzene rings is 1. The van der Waals surface area contributed by atoms with Gasteiger partial charge in [-0.2, -0.15) is 4.39 Å². The zero-order valence-corrected chi connectivity index (χ0v) is 8.77. The second kappa shape index (κ2) is 3.62. The third-order valence-corrected chi connectivity index (χ3v) is 2.92. The van der Waals surface area contributed by atoms with Crippen molar-refractivity contribution in [1.29, 1.82) is 0 Å². The van der Waals surface area contributed by atoms with Crippen molar-refractivity contribution < 1.29 is 4.39 Å². The standard InChI is InChI=1S/C11H10BrF/c12-11(13)10-7-3-5-8-4-1-2-6-9(8)10/h1-2,4,6H,3,5,7H2/b11-10-. The van der Waals surface area contributed by atoms with Crippen molar-refractivity contribution in [2.24, 2.45) is 0 Å². The molecule has 0 saturated carbocycles. The molecule has 0 spiro atoms. The van der Waals surface area contributed by atoms with Crippen LogP contribution in [0, 0.1) is 0 Å². The van der Waals surface area contributed by atoms with E-state index in [1.807, 2.05) is 18.2 Å². The predicted octanol–water partition coefficient (Wildman–Crippen LogP) is 4.06. The fraction of sp³-hybridized carbons (Fsp3) is 0.273. The third-order valence-electron chi connectivity index (χ3n) is 2.44. The molecule has 0 saturated heterocycles. The first kappa shape index (κ1) is 8.95. The quantitative estimate of drug-likeness (QED) is 0.642. The van der Waals surface area contributed by atoms with Gasteiger partial charge >= 0.3 is 0 Å². The molecule has 0 bridgehead atoms. The first-order valence-corrected chi connectivity index (χ1v) is 5.21. The van der Waals surface area contributed by atoms with Gasteiger partial charge in [0.05, 0.1) is 0 Å². The molecule has 0 aliphatic heterocycles. The Hall–Kier alpha value is -0.630. The summed E-state index contributed by atoms with van der Waals surface area (Å²) in [6, 6.07) is 8.03. The molecule has 0 fully saturated rings. The molecule has 0 heterocycles. The first-order chi connectivity index (χ1) is 6.29. The van der Waals surface area contributed by atoms with Crippen LogP contribution in [0.3, 0.4) is 0 Å². The SMILES string of the molecule is F/C(Br)=C1/CCCc2ccccc21. The van der Waals surface area contributed by atoms with Gasteiger partial charge in [0.25, 0.3) is 0 Å². The average Bonchev–Trinajstić information content (AvgIpc) is 2.17. The lowest BCUT2D eigenvalue weighted by molar-refractivity contribution is 0.694. The van der Waals surface area contributed by atoms with E-state index in [0.717, 1.165) is 30.4 Å². The summed E-state index contributed by atoms with van der Waals surface area (Å²) in [6.45, 7) is 0. The van der Waals surface area contributed by atoms with Gasteiger partial charge in [-0.3, -0.25) is 0 Å². The van der Waals surface area contributed by atoms with Crippen molar-refractivity contribution in [2.45, 2.75) is 19.3 Å². The smallest absolute Gasteiger partial charge is 0.169 e. The Morgan fingerprint density at radius 2 is 2.00 bits per heavy atom. The lowest BCUT2D eigenvalue weighted by atomic mass is 9.88. The Labute approximate surface area is 85.6 Å². The maximum Gasteiger partial charge on any atom is 0.169 e. The largest absolute Gasteiger partial charge is 0.199 e. The van der Waals surface area contributed by atoms with E-state index in [9.17, 15) is 4.39 Å². The zero-order chi connectivity index (χ0) is 9.26. The molecule has 1 aliphatic rings. The highest BCUT2D eigenvalue weighted by Gasteiger charge is 2.15. The number of halogens is 2. The van der Waals surface area contributed by atoms with E-state index in [-0.39, 0.29) is 4.74 Å². The number of hydrogen-bond acceptors (Lipinski definition) is 0. The number of rotatable bonds is 0. The summed E-state index contributed by atoms with van der Waals surface area (Å²) >= 11 is 2.92. The minimum absolute atomic E-state index is 0.209. The van der Waals surface area contributed by atoms with Gasteiger partial charge in [-0.1, -0.05) is 24.3 Å². The molecule has 68 valence electrons. The fourth-order valence-corrected chi connectivity index (χ4v) is 2.23. The van der Waals surface area contributed by atoms with Crippen LogP contribution in [0.25, 0.3) is 5.57 Å². The highest BCUT2D eigenvalue weighted by molar-refractivity contribution is 9.11. The number of allylic oxidation sites excluding steroid dienone is 1. The molecule has 13 heavy (non-hydrogen) atoms. The Morgan fingerprint density at radius 1 is 1.23 bits per heavy atom. The molecular formula is C11H10BrF. The van der Waals surface area contributed by atoms with Crippen molar-refractivity contribution in [2.75, 3.05) is 0 Å². The van der Waals surface area contributed by atoms with Crippen molar-refractivity contribution in [3.05, 3.63) is 40.1 Å². The summed E-state index contributed by atoms with van der Waals surface area (Å²) in [7, 11) is 0. The number of fused-ring (bicyclic) bond motifs is 1. The van der Waals surface area contributed by atoms with Gasteiger partial charge in [0.1, 0.15) is 0 Å². The van der Waals surface area contributed by atoms with Crippen LogP contribution in [-0.2, 0) is 6.42 Å². The van der Waals surface area contributed by atoms with Gasteiger partial charge in [-0.05, 0) is 46.3 Å². The van der Waals surface area contributed by atoms with E-state index in [2.05, 4.69) is 22.0 Å². The van der Waals surface area contributed by atoms with Crippen LogP contribution >= 0.6 is 15.9 Å². The van der Waals surface area contributed by atoms with Crippen LogP contribution in [0.5, 0.6) is 0 Å². The third kappa shape index (κ3) is 1.68. The molecule has 0 amide bonds. The fourth-order valence-electron chi connectivity index (χ4n) is 1.82. The normalized spacial score (nSPS) is 19.5. The molecule has 0 radical (unpaired) electrons. The minimum Gasteiger partial charge on any atom is -0.199 e. The zero-order valence-electron chi connectivity index (χ0n) is 7.19. The maximum absolute atomic E-state index is 13.1. The molecule has 2 heteroatoms. The molecule has 0 nitrogen and oxygen atoms in total. The van der Waals surface area contributed by atoms with Gasteiger partial charge in [0.2, 0.25) is 0 Å². The van der Waals surface area contributed by atoms with E-state index < -0.39 is 0 Å². The van der Waals surface area contributed by atoms with Gasteiger partial charge in [0, 0.05) is 5.57 Å². The summed E-state index contributed by atoms with van der Waals surface area (Å²) in [5.41, 5.74) is 3.16. The van der Waals surface area contributed by atoms with Crippen LogP contribution < -0.4 is 0 Å². The van der Waals surface area contributed by atoms with Crippen LogP contribution in [0.1, 0.15) is 24.0 Å². The number of hydrogen-bond donors (Lipinski definition) is 0. The van der Waals surface area contributed by atoms with Gasteiger partial charge in [-0.25, -0.2) is 0 Å². The van der Waals surface area contributed by atoms with Gasteiger partial charge in [0.15, 0.2) is 4.74 Å². The Kier molecular flexibility index (Phi) is 2.49. The molecule has 0 aromatic heterocycles. The molecule has 1 aromatic rings. The summed E-state index contributed by atoms with van der Waals surface area (Å²) in [5, 5.41) is 0. The molecule has 0 unspecified atom stereocenters. The minimum atomic E-state index is -0.209. The molecule has 2 rings (SSSR count). The Balaban J connectivity index is 2.55. The highest BCUT2D eigenvalue weighted by atomic mass is 79.9. The molecule has 0 atom stereocenters. The second-order valence-corrected chi connectivity index (χ2v) is 3.95. The molecular weight excluding hydrogens is 231 g/mol. The molecule has 1 aromatic carbocycles. The van der Waals surface area contributed by atoms with Gasteiger partial charge in [-0.15, -0.1) is 0 Å². The summed E-state index contributed by atoms with van der Waals surface area (Å²) in [4.78, 5) is 0. The Bertz CT molecular complexity index is 351. The van der Waals surface area contributed by atoms with Crippen LogP contribution in [-0.4, -0.2) is 0 Å². The van der Waals surface area contributed by atoms with E-state index in [1.54, 1.807) is 0 Å². The van der Waals surface area contributed by atoms with E-state index in [0.29, 0.717) is 0 Å². The predicted molar refractivity (Wildman–Crippen MR) is 56.3 cm³/mol. The maximum atomic E-state index is 13.1. The van der Waals surface area contributed by atoms with Crippen LogP contribution in [0.4, 0.5) is 4.39 Å². The van der Waals surface area contributed by atoms with E-state index >= 15 is 0 Å². The first-order valence-electron chi connectivity index (χ1n) is 4.41. The number of aryl methyl sites for hydroxylation is 1.